The van der Waals surface area contributed by atoms with Crippen LogP contribution in [0.2, 0.25) is 0 Å². The zero-order chi connectivity index (χ0) is 18.5. The molecular formula is C20H32N4O2. The SMILES string of the molecule is CC(C)CCNC(=O)c1nc(C(=O)NC2CCCCC2)c2n1CCCC2. The minimum atomic E-state index is -0.162. The van der Waals surface area contributed by atoms with Gasteiger partial charge in [-0.15, -0.1) is 0 Å². The molecule has 1 aromatic heterocycles. The Morgan fingerprint density at radius 3 is 2.62 bits per heavy atom. The van der Waals surface area contributed by atoms with Crippen LogP contribution in [0.25, 0.3) is 0 Å². The minimum absolute atomic E-state index is 0.108. The van der Waals surface area contributed by atoms with Gasteiger partial charge in [-0.3, -0.25) is 9.59 Å². The molecule has 1 saturated carbocycles. The Hall–Kier alpha value is -1.85. The van der Waals surface area contributed by atoms with Gasteiger partial charge in [-0.05, 0) is 44.4 Å². The van der Waals surface area contributed by atoms with Crippen molar-refractivity contribution in [3.05, 3.63) is 17.2 Å². The second kappa shape index (κ2) is 8.69. The van der Waals surface area contributed by atoms with E-state index in [0.29, 0.717) is 24.0 Å². The van der Waals surface area contributed by atoms with Crippen molar-refractivity contribution in [3.63, 3.8) is 0 Å². The molecule has 1 aliphatic carbocycles. The Labute approximate surface area is 156 Å². The number of hydrogen-bond donors (Lipinski definition) is 2. The van der Waals surface area contributed by atoms with Crippen molar-refractivity contribution in [1.82, 2.24) is 20.2 Å². The van der Waals surface area contributed by atoms with Crippen LogP contribution in [-0.4, -0.2) is 34.0 Å². The van der Waals surface area contributed by atoms with E-state index in [1.54, 1.807) is 0 Å². The molecule has 6 nitrogen and oxygen atoms in total. The molecule has 2 N–H and O–H groups in total. The molecule has 1 aromatic rings. The number of amides is 2. The molecular weight excluding hydrogens is 328 g/mol. The molecule has 0 bridgehead atoms. The number of hydrogen-bond acceptors (Lipinski definition) is 3. The fourth-order valence-electron chi connectivity index (χ4n) is 3.95. The van der Waals surface area contributed by atoms with E-state index in [1.165, 1.54) is 19.3 Å². The summed E-state index contributed by atoms with van der Waals surface area (Å²) < 4.78 is 1.96. The zero-order valence-corrected chi connectivity index (χ0v) is 16.1. The highest BCUT2D eigenvalue weighted by molar-refractivity contribution is 5.97. The van der Waals surface area contributed by atoms with Gasteiger partial charge in [-0.2, -0.15) is 0 Å². The van der Waals surface area contributed by atoms with Crippen LogP contribution in [0, 0.1) is 5.92 Å². The molecule has 2 heterocycles. The minimum Gasteiger partial charge on any atom is -0.349 e. The Balaban J connectivity index is 1.74. The average Bonchev–Trinajstić information content (AvgIpc) is 3.02. The lowest BCUT2D eigenvalue weighted by Gasteiger charge is -2.23. The van der Waals surface area contributed by atoms with Crippen molar-refractivity contribution in [2.24, 2.45) is 5.92 Å². The second-order valence-corrected chi connectivity index (χ2v) is 8.09. The summed E-state index contributed by atoms with van der Waals surface area (Å²) in [4.78, 5) is 29.9. The molecule has 6 heteroatoms. The molecule has 0 radical (unpaired) electrons. The van der Waals surface area contributed by atoms with E-state index in [-0.39, 0.29) is 17.9 Å². The lowest BCUT2D eigenvalue weighted by Crippen LogP contribution is -2.37. The number of imidazole rings is 1. The van der Waals surface area contributed by atoms with Gasteiger partial charge in [0.1, 0.15) is 5.69 Å². The van der Waals surface area contributed by atoms with Gasteiger partial charge in [-0.1, -0.05) is 33.1 Å². The third-order valence-electron chi connectivity index (χ3n) is 5.48. The predicted molar refractivity (Wildman–Crippen MR) is 101 cm³/mol. The van der Waals surface area contributed by atoms with Crippen molar-refractivity contribution < 1.29 is 9.59 Å². The standard InChI is InChI=1S/C20H32N4O2/c1-14(2)11-12-21-20(26)18-23-17(16-10-6-7-13-24(16)18)19(25)22-15-8-4-3-5-9-15/h14-15H,3-13H2,1-2H3,(H,21,26)(H,22,25). The molecule has 2 aliphatic rings. The zero-order valence-electron chi connectivity index (χ0n) is 16.1. The normalized spacial score (nSPS) is 17.8. The van der Waals surface area contributed by atoms with Gasteiger partial charge < -0.3 is 15.2 Å². The Bertz CT molecular complexity index is 644. The van der Waals surface area contributed by atoms with Gasteiger partial charge >= 0.3 is 0 Å². The smallest absolute Gasteiger partial charge is 0.287 e. The molecule has 3 rings (SSSR count). The van der Waals surface area contributed by atoms with Gasteiger partial charge in [0.05, 0.1) is 5.69 Å². The summed E-state index contributed by atoms with van der Waals surface area (Å²) in [6, 6.07) is 0.250. The van der Waals surface area contributed by atoms with Gasteiger partial charge in [0.25, 0.3) is 11.8 Å². The summed E-state index contributed by atoms with van der Waals surface area (Å²) in [5, 5.41) is 6.11. The van der Waals surface area contributed by atoms with Crippen molar-refractivity contribution >= 4 is 11.8 Å². The molecule has 1 fully saturated rings. The van der Waals surface area contributed by atoms with E-state index >= 15 is 0 Å². The van der Waals surface area contributed by atoms with Crippen molar-refractivity contribution in [2.45, 2.75) is 84.2 Å². The first-order valence-corrected chi connectivity index (χ1v) is 10.2. The Morgan fingerprint density at radius 2 is 1.88 bits per heavy atom. The van der Waals surface area contributed by atoms with Crippen LogP contribution in [0.5, 0.6) is 0 Å². The molecule has 144 valence electrons. The van der Waals surface area contributed by atoms with Crippen LogP contribution < -0.4 is 10.6 Å². The maximum Gasteiger partial charge on any atom is 0.287 e. The highest BCUT2D eigenvalue weighted by Gasteiger charge is 2.28. The number of rotatable bonds is 6. The summed E-state index contributed by atoms with van der Waals surface area (Å²) in [6.45, 7) is 5.68. The third kappa shape index (κ3) is 4.46. The summed E-state index contributed by atoms with van der Waals surface area (Å²) in [6.07, 6.45) is 9.53. The van der Waals surface area contributed by atoms with Crippen molar-refractivity contribution in [3.8, 4) is 0 Å². The number of aromatic nitrogens is 2. The molecule has 0 spiro atoms. The largest absolute Gasteiger partial charge is 0.349 e. The van der Waals surface area contributed by atoms with Crippen LogP contribution in [0.4, 0.5) is 0 Å². The van der Waals surface area contributed by atoms with Gasteiger partial charge in [0, 0.05) is 19.1 Å². The monoisotopic (exact) mass is 360 g/mol. The summed E-state index contributed by atoms with van der Waals surface area (Å²) in [5.74, 6) is 0.674. The molecule has 0 unspecified atom stereocenters. The lowest BCUT2D eigenvalue weighted by molar-refractivity contribution is 0.0921. The maximum absolute atomic E-state index is 12.8. The first-order valence-electron chi connectivity index (χ1n) is 10.2. The van der Waals surface area contributed by atoms with Crippen LogP contribution in [0.1, 0.15) is 92.0 Å². The van der Waals surface area contributed by atoms with Crippen molar-refractivity contribution in [1.29, 1.82) is 0 Å². The number of carbonyl (C=O) groups is 2. The van der Waals surface area contributed by atoms with E-state index in [0.717, 1.165) is 50.8 Å². The second-order valence-electron chi connectivity index (χ2n) is 8.09. The summed E-state index contributed by atoms with van der Waals surface area (Å²) >= 11 is 0. The number of fused-ring (bicyclic) bond motifs is 1. The fourth-order valence-corrected chi connectivity index (χ4v) is 3.95. The third-order valence-corrected chi connectivity index (χ3v) is 5.48. The van der Waals surface area contributed by atoms with Gasteiger partial charge in [0.2, 0.25) is 0 Å². The van der Waals surface area contributed by atoms with E-state index in [4.69, 9.17) is 0 Å². The summed E-state index contributed by atoms with van der Waals surface area (Å²) in [7, 11) is 0. The maximum atomic E-state index is 12.8. The molecule has 0 saturated heterocycles. The summed E-state index contributed by atoms with van der Waals surface area (Å²) in [5.41, 5.74) is 1.39. The highest BCUT2D eigenvalue weighted by atomic mass is 16.2. The Kier molecular flexibility index (Phi) is 6.33. The molecule has 0 aromatic carbocycles. The number of carbonyl (C=O) groups excluding carboxylic acids is 2. The fraction of sp³-hybridized carbons (Fsp3) is 0.750. The first-order chi connectivity index (χ1) is 12.6. The highest BCUT2D eigenvalue weighted by Crippen LogP contribution is 2.23. The predicted octanol–water partition coefficient (Wildman–Crippen LogP) is 3.06. The average molecular weight is 361 g/mol. The molecule has 2 amide bonds. The van der Waals surface area contributed by atoms with Crippen LogP contribution in [-0.2, 0) is 13.0 Å². The number of nitrogens with zero attached hydrogens (tertiary/aromatic N) is 2. The molecule has 26 heavy (non-hydrogen) atoms. The molecule has 0 atom stereocenters. The Morgan fingerprint density at radius 1 is 1.12 bits per heavy atom. The van der Waals surface area contributed by atoms with Crippen LogP contribution in [0.15, 0.2) is 0 Å². The lowest BCUT2D eigenvalue weighted by atomic mass is 9.95. The topological polar surface area (TPSA) is 76.0 Å². The van der Waals surface area contributed by atoms with Crippen molar-refractivity contribution in [2.75, 3.05) is 6.54 Å². The van der Waals surface area contributed by atoms with Gasteiger partial charge in [0.15, 0.2) is 5.82 Å². The van der Waals surface area contributed by atoms with E-state index in [1.807, 2.05) is 4.57 Å². The van der Waals surface area contributed by atoms with E-state index in [2.05, 4.69) is 29.5 Å². The first kappa shape index (κ1) is 18.9. The quantitative estimate of drug-likeness (QED) is 0.818. The molecule has 1 aliphatic heterocycles. The van der Waals surface area contributed by atoms with E-state index < -0.39 is 0 Å². The van der Waals surface area contributed by atoms with Crippen LogP contribution >= 0.6 is 0 Å². The van der Waals surface area contributed by atoms with Crippen LogP contribution in [0.3, 0.4) is 0 Å². The van der Waals surface area contributed by atoms with E-state index in [9.17, 15) is 9.59 Å². The van der Waals surface area contributed by atoms with Gasteiger partial charge in [-0.25, -0.2) is 4.98 Å². The number of nitrogens with one attached hydrogen (secondary N) is 2.